The van der Waals surface area contributed by atoms with E-state index in [4.69, 9.17) is 4.74 Å². The number of hydrogen-bond donors (Lipinski definition) is 0. The Morgan fingerprint density at radius 1 is 1.32 bits per heavy atom. The summed E-state index contributed by atoms with van der Waals surface area (Å²) in [4.78, 5) is 17.2. The average Bonchev–Trinajstić information content (AvgIpc) is 2.43. The topological polar surface area (TPSA) is 32.8 Å². The first-order valence-electron chi connectivity index (χ1n) is 7.83. The quantitative estimate of drug-likeness (QED) is 0.780. The zero-order valence-corrected chi connectivity index (χ0v) is 12.6. The van der Waals surface area contributed by atoms with Crippen molar-refractivity contribution in [1.82, 2.24) is 9.80 Å². The summed E-state index contributed by atoms with van der Waals surface area (Å²) < 4.78 is 5.59. The van der Waals surface area contributed by atoms with Crippen LogP contribution in [0.3, 0.4) is 0 Å². The van der Waals surface area contributed by atoms with Crippen LogP contribution in [0.5, 0.6) is 0 Å². The molecule has 2 aliphatic rings. The highest BCUT2D eigenvalue weighted by Crippen LogP contribution is 2.25. The van der Waals surface area contributed by atoms with Crippen LogP contribution in [-0.4, -0.2) is 60.1 Å². The van der Waals surface area contributed by atoms with Gasteiger partial charge in [-0.2, -0.15) is 0 Å². The van der Waals surface area contributed by atoms with Crippen LogP contribution >= 0.6 is 0 Å². The van der Waals surface area contributed by atoms with Crippen molar-refractivity contribution in [3.8, 4) is 0 Å². The summed E-state index contributed by atoms with van der Waals surface area (Å²) in [6.45, 7) is 9.89. The standard InChI is InChI=1S/C15H28N2O2/c1-4-14(19-5-2)15(18)17-11-13-8-6-7-9-16(13)10-12(17)3/h12-14H,4-11H2,1-3H3/t12-,13-,14-/m1/s1. The Bertz CT molecular complexity index is 309. The van der Waals surface area contributed by atoms with E-state index < -0.39 is 0 Å². The minimum Gasteiger partial charge on any atom is -0.369 e. The molecule has 0 N–H and O–H groups in total. The number of rotatable bonds is 4. The zero-order valence-electron chi connectivity index (χ0n) is 12.6. The number of hydrogen-bond acceptors (Lipinski definition) is 3. The van der Waals surface area contributed by atoms with Crippen LogP contribution in [0.1, 0.15) is 46.5 Å². The maximum atomic E-state index is 12.6. The van der Waals surface area contributed by atoms with E-state index in [2.05, 4.69) is 16.7 Å². The van der Waals surface area contributed by atoms with Crippen LogP contribution in [0.25, 0.3) is 0 Å². The second-order valence-electron chi connectivity index (χ2n) is 5.84. The lowest BCUT2D eigenvalue weighted by atomic mass is 9.96. The van der Waals surface area contributed by atoms with Gasteiger partial charge in [-0.1, -0.05) is 13.3 Å². The van der Waals surface area contributed by atoms with Gasteiger partial charge >= 0.3 is 0 Å². The third-order valence-corrected chi connectivity index (χ3v) is 4.48. The highest BCUT2D eigenvalue weighted by Gasteiger charge is 2.37. The fraction of sp³-hybridized carbons (Fsp3) is 0.933. The van der Waals surface area contributed by atoms with Gasteiger partial charge in [0.25, 0.3) is 5.91 Å². The molecule has 0 saturated carbocycles. The molecule has 0 aromatic carbocycles. The summed E-state index contributed by atoms with van der Waals surface area (Å²) in [6, 6.07) is 0.893. The first kappa shape index (κ1) is 14.8. The molecule has 1 amide bonds. The summed E-state index contributed by atoms with van der Waals surface area (Å²) in [6.07, 6.45) is 4.38. The number of piperazine rings is 1. The Labute approximate surface area is 117 Å². The largest absolute Gasteiger partial charge is 0.369 e. The molecule has 2 rings (SSSR count). The van der Waals surface area contributed by atoms with Crippen molar-refractivity contribution in [1.29, 1.82) is 0 Å². The summed E-state index contributed by atoms with van der Waals surface area (Å²) in [5.74, 6) is 0.196. The fourth-order valence-corrected chi connectivity index (χ4v) is 3.41. The molecule has 0 aliphatic carbocycles. The van der Waals surface area contributed by atoms with E-state index in [9.17, 15) is 4.79 Å². The van der Waals surface area contributed by atoms with Gasteiger partial charge in [-0.05, 0) is 39.7 Å². The Hall–Kier alpha value is -0.610. The number of piperidine rings is 1. The van der Waals surface area contributed by atoms with Gasteiger partial charge in [0.1, 0.15) is 6.10 Å². The molecule has 4 nitrogen and oxygen atoms in total. The Kier molecular flexibility index (Phi) is 5.22. The second kappa shape index (κ2) is 6.71. The molecule has 2 aliphatic heterocycles. The number of ether oxygens (including phenoxy) is 1. The van der Waals surface area contributed by atoms with Gasteiger partial charge in [-0.25, -0.2) is 0 Å². The van der Waals surface area contributed by atoms with Crippen molar-refractivity contribution in [2.24, 2.45) is 0 Å². The number of fused-ring (bicyclic) bond motifs is 1. The summed E-state index contributed by atoms with van der Waals surface area (Å²) in [7, 11) is 0. The van der Waals surface area contributed by atoms with Crippen molar-refractivity contribution >= 4 is 5.91 Å². The molecule has 110 valence electrons. The SMILES string of the molecule is CCO[C@H](CC)C(=O)N1C[C@H]2CCCCN2C[C@H]1C. The minimum absolute atomic E-state index is 0.196. The van der Waals surface area contributed by atoms with Crippen LogP contribution < -0.4 is 0 Å². The monoisotopic (exact) mass is 268 g/mol. The van der Waals surface area contributed by atoms with E-state index in [1.54, 1.807) is 0 Å². The van der Waals surface area contributed by atoms with Crippen molar-refractivity contribution < 1.29 is 9.53 Å². The molecular weight excluding hydrogens is 240 g/mol. The maximum Gasteiger partial charge on any atom is 0.252 e. The molecule has 0 unspecified atom stereocenters. The average molecular weight is 268 g/mol. The van der Waals surface area contributed by atoms with E-state index in [1.165, 1.54) is 25.8 Å². The summed E-state index contributed by atoms with van der Waals surface area (Å²) in [5.41, 5.74) is 0. The Morgan fingerprint density at radius 3 is 2.79 bits per heavy atom. The Balaban J connectivity index is 2.00. The lowest BCUT2D eigenvalue weighted by Crippen LogP contribution is -2.61. The molecule has 0 radical (unpaired) electrons. The zero-order chi connectivity index (χ0) is 13.8. The third kappa shape index (κ3) is 3.29. The van der Waals surface area contributed by atoms with Gasteiger partial charge in [0, 0.05) is 31.8 Å². The smallest absolute Gasteiger partial charge is 0.252 e. The molecule has 2 heterocycles. The molecule has 19 heavy (non-hydrogen) atoms. The predicted molar refractivity (Wildman–Crippen MR) is 76.1 cm³/mol. The number of carbonyl (C=O) groups excluding carboxylic acids is 1. The van der Waals surface area contributed by atoms with Crippen molar-refractivity contribution in [3.05, 3.63) is 0 Å². The molecule has 2 fully saturated rings. The van der Waals surface area contributed by atoms with Gasteiger partial charge < -0.3 is 9.64 Å². The van der Waals surface area contributed by atoms with E-state index in [1.807, 2.05) is 13.8 Å². The molecule has 0 aromatic rings. The number of nitrogens with zero attached hydrogens (tertiary/aromatic N) is 2. The lowest BCUT2D eigenvalue weighted by Gasteiger charge is -2.48. The van der Waals surface area contributed by atoms with Crippen LogP contribution in [0, 0.1) is 0 Å². The lowest BCUT2D eigenvalue weighted by molar-refractivity contribution is -0.150. The predicted octanol–water partition coefficient (Wildman–Crippen LogP) is 1.89. The number of carbonyl (C=O) groups is 1. The second-order valence-corrected chi connectivity index (χ2v) is 5.84. The van der Waals surface area contributed by atoms with Crippen LogP contribution in [0.4, 0.5) is 0 Å². The summed E-state index contributed by atoms with van der Waals surface area (Å²) in [5, 5.41) is 0. The van der Waals surface area contributed by atoms with Crippen LogP contribution in [0.2, 0.25) is 0 Å². The van der Waals surface area contributed by atoms with E-state index in [0.717, 1.165) is 19.5 Å². The molecule has 0 spiro atoms. The highest BCUT2D eigenvalue weighted by molar-refractivity contribution is 5.81. The van der Waals surface area contributed by atoms with E-state index >= 15 is 0 Å². The first-order valence-corrected chi connectivity index (χ1v) is 7.83. The van der Waals surface area contributed by atoms with Crippen molar-refractivity contribution in [2.75, 3.05) is 26.2 Å². The molecule has 2 saturated heterocycles. The van der Waals surface area contributed by atoms with Gasteiger partial charge in [0.2, 0.25) is 0 Å². The minimum atomic E-state index is -0.248. The fourth-order valence-electron chi connectivity index (χ4n) is 3.41. The highest BCUT2D eigenvalue weighted by atomic mass is 16.5. The van der Waals surface area contributed by atoms with E-state index in [0.29, 0.717) is 18.7 Å². The third-order valence-electron chi connectivity index (χ3n) is 4.48. The molecule has 0 bridgehead atoms. The Morgan fingerprint density at radius 2 is 2.11 bits per heavy atom. The number of amides is 1. The van der Waals surface area contributed by atoms with E-state index in [-0.39, 0.29) is 12.0 Å². The van der Waals surface area contributed by atoms with Crippen molar-refractivity contribution in [3.63, 3.8) is 0 Å². The van der Waals surface area contributed by atoms with Crippen LogP contribution in [0.15, 0.2) is 0 Å². The van der Waals surface area contributed by atoms with Gasteiger partial charge in [-0.15, -0.1) is 0 Å². The van der Waals surface area contributed by atoms with Gasteiger partial charge in [0.05, 0.1) is 0 Å². The normalized spacial score (nSPS) is 29.9. The van der Waals surface area contributed by atoms with Gasteiger partial charge in [-0.3, -0.25) is 9.69 Å². The maximum absolute atomic E-state index is 12.6. The molecule has 0 aromatic heterocycles. The first-order chi connectivity index (χ1) is 9.17. The van der Waals surface area contributed by atoms with Crippen LogP contribution in [-0.2, 0) is 9.53 Å². The molecular formula is C15H28N2O2. The van der Waals surface area contributed by atoms with Crippen molar-refractivity contribution in [2.45, 2.75) is 64.6 Å². The molecule has 3 atom stereocenters. The summed E-state index contributed by atoms with van der Waals surface area (Å²) >= 11 is 0. The van der Waals surface area contributed by atoms with Gasteiger partial charge in [0.15, 0.2) is 0 Å². The molecule has 4 heteroatoms.